The second-order valence-corrected chi connectivity index (χ2v) is 6.45. The molecule has 0 aliphatic carbocycles. The number of nitrogens with one attached hydrogen (secondary N) is 1. The van der Waals surface area contributed by atoms with Crippen LogP contribution in [-0.4, -0.2) is 38.4 Å². The maximum Gasteiger partial charge on any atom is 0.251 e. The van der Waals surface area contributed by atoms with Crippen molar-refractivity contribution >= 4 is 17.5 Å². The molecule has 136 valence electrons. The summed E-state index contributed by atoms with van der Waals surface area (Å²) in [4.78, 5) is 12.5. The number of benzene rings is 2. The summed E-state index contributed by atoms with van der Waals surface area (Å²) < 4.78 is 22.7. The van der Waals surface area contributed by atoms with Gasteiger partial charge in [0.15, 0.2) is 23.0 Å². The maximum absolute atomic E-state index is 12.5. The summed E-state index contributed by atoms with van der Waals surface area (Å²) in [6.45, 7) is 1.76. The van der Waals surface area contributed by atoms with E-state index < -0.39 is 0 Å². The predicted octanol–water partition coefficient (Wildman–Crippen LogP) is 3.07. The van der Waals surface area contributed by atoms with Crippen molar-refractivity contribution in [3.63, 3.8) is 0 Å². The first-order valence-corrected chi connectivity index (χ1v) is 8.84. The highest BCUT2D eigenvalue weighted by atomic mass is 35.5. The van der Waals surface area contributed by atoms with Crippen LogP contribution in [0.3, 0.4) is 0 Å². The van der Waals surface area contributed by atoms with Gasteiger partial charge < -0.3 is 24.3 Å². The molecule has 0 saturated heterocycles. The molecule has 2 aromatic rings. The smallest absolute Gasteiger partial charge is 0.251 e. The summed E-state index contributed by atoms with van der Waals surface area (Å²) in [7, 11) is 0. The number of halogens is 1. The van der Waals surface area contributed by atoms with E-state index in [0.717, 1.165) is 6.42 Å². The lowest BCUT2D eigenvalue weighted by atomic mass is 10.1. The van der Waals surface area contributed by atoms with Gasteiger partial charge in [0, 0.05) is 12.0 Å². The zero-order valence-corrected chi connectivity index (χ0v) is 14.8. The molecule has 0 unspecified atom stereocenters. The quantitative estimate of drug-likeness (QED) is 0.893. The molecule has 7 heteroatoms. The highest BCUT2D eigenvalue weighted by molar-refractivity contribution is 6.32. The Balaban J connectivity index is 1.41. The van der Waals surface area contributed by atoms with Crippen molar-refractivity contribution in [2.24, 2.45) is 0 Å². The zero-order chi connectivity index (χ0) is 17.9. The Bertz CT molecular complexity index is 826. The van der Waals surface area contributed by atoms with E-state index in [0.29, 0.717) is 59.9 Å². The van der Waals surface area contributed by atoms with Gasteiger partial charge in [-0.15, -0.1) is 0 Å². The number of carbonyl (C=O) groups excluding carboxylic acids is 1. The van der Waals surface area contributed by atoms with Crippen LogP contribution in [0.1, 0.15) is 16.8 Å². The molecule has 1 atom stereocenters. The Hall–Kier alpha value is -2.60. The van der Waals surface area contributed by atoms with E-state index in [4.69, 9.17) is 30.5 Å². The minimum Gasteiger partial charge on any atom is -0.489 e. The van der Waals surface area contributed by atoms with Crippen LogP contribution in [0.4, 0.5) is 0 Å². The van der Waals surface area contributed by atoms with Gasteiger partial charge in [0.1, 0.15) is 12.7 Å². The molecule has 2 aliphatic rings. The normalized spacial score (nSPS) is 18.0. The lowest BCUT2D eigenvalue weighted by molar-refractivity contribution is 0.0789. The third-order valence-electron chi connectivity index (χ3n) is 4.12. The number of para-hydroxylation sites is 2. The van der Waals surface area contributed by atoms with Crippen molar-refractivity contribution in [3.8, 4) is 23.0 Å². The minimum atomic E-state index is -0.260. The molecular weight excluding hydrogens is 358 g/mol. The van der Waals surface area contributed by atoms with Crippen LogP contribution >= 0.6 is 11.6 Å². The minimum absolute atomic E-state index is 0.259. The first kappa shape index (κ1) is 16.8. The molecule has 2 aromatic carbocycles. The van der Waals surface area contributed by atoms with Crippen LogP contribution in [0.2, 0.25) is 5.02 Å². The van der Waals surface area contributed by atoms with E-state index in [2.05, 4.69) is 5.32 Å². The standard InChI is InChI=1S/C19H18ClNO5/c20-14-8-12(9-17-18(14)24-7-3-6-23-17)19(22)21-10-13-11-25-15-4-1-2-5-16(15)26-13/h1-2,4-5,8-9,13H,3,6-7,10-11H2,(H,21,22)/t13-/m1/s1. The monoisotopic (exact) mass is 375 g/mol. The van der Waals surface area contributed by atoms with Gasteiger partial charge in [0.25, 0.3) is 5.91 Å². The van der Waals surface area contributed by atoms with Crippen molar-refractivity contribution in [2.45, 2.75) is 12.5 Å². The van der Waals surface area contributed by atoms with E-state index in [9.17, 15) is 4.79 Å². The average Bonchev–Trinajstić information content (AvgIpc) is 2.92. The van der Waals surface area contributed by atoms with Crippen molar-refractivity contribution in [1.29, 1.82) is 0 Å². The molecule has 26 heavy (non-hydrogen) atoms. The molecule has 0 aromatic heterocycles. The highest BCUT2D eigenvalue weighted by Crippen LogP contribution is 2.38. The number of fused-ring (bicyclic) bond motifs is 2. The Morgan fingerprint density at radius 3 is 2.77 bits per heavy atom. The molecule has 1 N–H and O–H groups in total. The average molecular weight is 376 g/mol. The number of carbonyl (C=O) groups is 1. The molecular formula is C19H18ClNO5. The van der Waals surface area contributed by atoms with Crippen LogP contribution in [0.25, 0.3) is 0 Å². The first-order valence-electron chi connectivity index (χ1n) is 8.46. The Morgan fingerprint density at radius 2 is 1.88 bits per heavy atom. The van der Waals surface area contributed by atoms with Gasteiger partial charge in [-0.1, -0.05) is 23.7 Å². The summed E-state index contributed by atoms with van der Waals surface area (Å²) in [5.74, 6) is 2.11. The summed E-state index contributed by atoms with van der Waals surface area (Å²) in [6, 6.07) is 10.7. The van der Waals surface area contributed by atoms with Crippen LogP contribution in [0, 0.1) is 0 Å². The maximum atomic E-state index is 12.5. The SMILES string of the molecule is O=C(NC[C@@H]1COc2ccccc2O1)c1cc(Cl)c2c(c1)OCCCO2. The molecule has 0 radical (unpaired) electrons. The summed E-state index contributed by atoms with van der Waals surface area (Å²) >= 11 is 6.24. The van der Waals surface area contributed by atoms with Crippen molar-refractivity contribution in [1.82, 2.24) is 5.32 Å². The fourth-order valence-electron chi connectivity index (χ4n) is 2.83. The van der Waals surface area contributed by atoms with Crippen LogP contribution < -0.4 is 24.3 Å². The number of rotatable bonds is 3. The van der Waals surface area contributed by atoms with E-state index in [-0.39, 0.29) is 12.0 Å². The lowest BCUT2D eigenvalue weighted by Crippen LogP contribution is -2.40. The summed E-state index contributed by atoms with van der Waals surface area (Å²) in [5, 5.41) is 3.21. The van der Waals surface area contributed by atoms with E-state index in [1.807, 2.05) is 24.3 Å². The second kappa shape index (κ2) is 7.33. The number of ether oxygens (including phenoxy) is 4. The lowest BCUT2D eigenvalue weighted by Gasteiger charge is -2.26. The Morgan fingerprint density at radius 1 is 1.08 bits per heavy atom. The van der Waals surface area contributed by atoms with Crippen LogP contribution in [-0.2, 0) is 0 Å². The number of hydrogen-bond donors (Lipinski definition) is 1. The van der Waals surface area contributed by atoms with Crippen LogP contribution in [0.5, 0.6) is 23.0 Å². The third-order valence-corrected chi connectivity index (χ3v) is 4.40. The Labute approximate surface area is 156 Å². The molecule has 1 amide bonds. The highest BCUT2D eigenvalue weighted by Gasteiger charge is 2.22. The summed E-state index contributed by atoms with van der Waals surface area (Å²) in [5.41, 5.74) is 0.413. The molecule has 0 fully saturated rings. The number of amides is 1. The van der Waals surface area contributed by atoms with E-state index >= 15 is 0 Å². The van der Waals surface area contributed by atoms with E-state index in [1.54, 1.807) is 12.1 Å². The zero-order valence-electron chi connectivity index (χ0n) is 14.0. The van der Waals surface area contributed by atoms with E-state index in [1.165, 1.54) is 0 Å². The predicted molar refractivity (Wildman–Crippen MR) is 95.7 cm³/mol. The molecule has 0 bridgehead atoms. The largest absolute Gasteiger partial charge is 0.489 e. The third kappa shape index (κ3) is 3.51. The van der Waals surface area contributed by atoms with Gasteiger partial charge in [-0.3, -0.25) is 4.79 Å². The summed E-state index contributed by atoms with van der Waals surface area (Å²) in [6.07, 6.45) is 0.511. The number of hydrogen-bond acceptors (Lipinski definition) is 5. The second-order valence-electron chi connectivity index (χ2n) is 6.04. The fraction of sp³-hybridized carbons (Fsp3) is 0.316. The van der Waals surface area contributed by atoms with Gasteiger partial charge >= 0.3 is 0 Å². The van der Waals surface area contributed by atoms with Crippen molar-refractivity contribution < 1.29 is 23.7 Å². The van der Waals surface area contributed by atoms with Gasteiger partial charge in [-0.2, -0.15) is 0 Å². The first-order chi connectivity index (χ1) is 12.7. The molecule has 0 saturated carbocycles. The van der Waals surface area contributed by atoms with Crippen molar-refractivity contribution in [3.05, 3.63) is 47.0 Å². The van der Waals surface area contributed by atoms with Gasteiger partial charge in [-0.05, 0) is 24.3 Å². The van der Waals surface area contributed by atoms with Gasteiger partial charge in [0.2, 0.25) is 0 Å². The topological polar surface area (TPSA) is 66.0 Å². The molecule has 2 aliphatic heterocycles. The van der Waals surface area contributed by atoms with Crippen molar-refractivity contribution in [2.75, 3.05) is 26.4 Å². The Kier molecular flexibility index (Phi) is 4.75. The van der Waals surface area contributed by atoms with Crippen LogP contribution in [0.15, 0.2) is 36.4 Å². The van der Waals surface area contributed by atoms with Gasteiger partial charge in [-0.25, -0.2) is 0 Å². The molecule has 4 rings (SSSR count). The van der Waals surface area contributed by atoms with Gasteiger partial charge in [0.05, 0.1) is 24.8 Å². The molecule has 6 nitrogen and oxygen atoms in total. The fourth-order valence-corrected chi connectivity index (χ4v) is 3.10. The molecule has 0 spiro atoms. The molecule has 2 heterocycles.